The third kappa shape index (κ3) is 5.04. The zero-order valence-corrected chi connectivity index (χ0v) is 15.5. The smallest absolute Gasteiger partial charge is 0.225 e. The van der Waals surface area contributed by atoms with E-state index in [0.717, 1.165) is 11.1 Å². The number of amides is 2. The summed E-state index contributed by atoms with van der Waals surface area (Å²) in [6.07, 6.45) is 0.185. The summed E-state index contributed by atoms with van der Waals surface area (Å²) in [7, 11) is 0. The zero-order chi connectivity index (χ0) is 19.9. The van der Waals surface area contributed by atoms with Crippen LogP contribution >= 0.6 is 0 Å². The Morgan fingerprint density at radius 1 is 0.821 bits per heavy atom. The van der Waals surface area contributed by atoms with Crippen molar-refractivity contribution >= 4 is 23.2 Å². The normalized spacial score (nSPS) is 10.5. The van der Waals surface area contributed by atoms with Gasteiger partial charge in [-0.3, -0.25) is 9.59 Å². The summed E-state index contributed by atoms with van der Waals surface area (Å²) in [6, 6.07) is 23.4. The molecule has 142 valence electrons. The molecule has 28 heavy (non-hydrogen) atoms. The first-order valence-corrected chi connectivity index (χ1v) is 9.00. The van der Waals surface area contributed by atoms with E-state index in [1.807, 2.05) is 60.7 Å². The van der Waals surface area contributed by atoms with Crippen molar-refractivity contribution in [2.24, 2.45) is 0 Å². The number of hydrogen-bond donors (Lipinski definition) is 2. The van der Waals surface area contributed by atoms with Crippen molar-refractivity contribution in [3.8, 4) is 0 Å². The quantitative estimate of drug-likeness (QED) is 0.640. The fraction of sp³-hybridized carbons (Fsp3) is 0.130. The van der Waals surface area contributed by atoms with Crippen molar-refractivity contribution in [2.75, 3.05) is 10.6 Å². The molecule has 3 aromatic carbocycles. The SMILES string of the molecule is CC(=O)Nc1ccc(F)cc1NC(=O)CC(c1ccccc1)c1ccccc1. The van der Waals surface area contributed by atoms with Crippen LogP contribution in [0.2, 0.25) is 0 Å². The molecule has 0 atom stereocenters. The average Bonchev–Trinajstić information content (AvgIpc) is 2.69. The highest BCUT2D eigenvalue weighted by Crippen LogP contribution is 2.29. The molecule has 0 aliphatic heterocycles. The third-order valence-electron chi connectivity index (χ3n) is 4.36. The van der Waals surface area contributed by atoms with Gasteiger partial charge in [-0.05, 0) is 29.3 Å². The molecular formula is C23H21FN2O2. The van der Waals surface area contributed by atoms with Crippen LogP contribution in [-0.2, 0) is 9.59 Å². The second kappa shape index (κ2) is 8.95. The maximum atomic E-state index is 13.7. The Morgan fingerprint density at radius 3 is 1.93 bits per heavy atom. The molecule has 0 bridgehead atoms. The average molecular weight is 376 g/mol. The van der Waals surface area contributed by atoms with Gasteiger partial charge in [-0.15, -0.1) is 0 Å². The highest BCUT2D eigenvalue weighted by molar-refractivity contribution is 5.99. The molecule has 0 aliphatic carbocycles. The number of anilines is 2. The van der Waals surface area contributed by atoms with Crippen LogP contribution in [0.4, 0.5) is 15.8 Å². The number of rotatable bonds is 6. The molecule has 0 spiro atoms. The lowest BCUT2D eigenvalue weighted by Gasteiger charge is -2.19. The van der Waals surface area contributed by atoms with Crippen LogP contribution in [-0.4, -0.2) is 11.8 Å². The van der Waals surface area contributed by atoms with Crippen molar-refractivity contribution in [2.45, 2.75) is 19.3 Å². The minimum atomic E-state index is -0.493. The molecule has 0 radical (unpaired) electrons. The fourth-order valence-corrected chi connectivity index (χ4v) is 3.10. The molecule has 4 nitrogen and oxygen atoms in total. The van der Waals surface area contributed by atoms with Gasteiger partial charge in [-0.2, -0.15) is 0 Å². The zero-order valence-electron chi connectivity index (χ0n) is 15.5. The number of carbonyl (C=O) groups excluding carboxylic acids is 2. The van der Waals surface area contributed by atoms with Gasteiger partial charge in [0.05, 0.1) is 11.4 Å². The first-order chi connectivity index (χ1) is 13.5. The molecule has 5 heteroatoms. The fourth-order valence-electron chi connectivity index (χ4n) is 3.10. The summed E-state index contributed by atoms with van der Waals surface area (Å²) in [5, 5.41) is 5.34. The standard InChI is InChI=1S/C23H21FN2O2/c1-16(27)25-21-13-12-19(24)14-22(21)26-23(28)15-20(17-8-4-2-5-9-17)18-10-6-3-7-11-18/h2-14,20H,15H2,1H3,(H,25,27)(H,26,28). The maximum absolute atomic E-state index is 13.7. The Balaban J connectivity index is 1.84. The Hall–Kier alpha value is -3.47. The van der Waals surface area contributed by atoms with Crippen LogP contribution in [0.5, 0.6) is 0 Å². The summed E-state index contributed by atoms with van der Waals surface area (Å²) < 4.78 is 13.7. The van der Waals surface area contributed by atoms with E-state index in [1.54, 1.807) is 0 Å². The lowest BCUT2D eigenvalue weighted by atomic mass is 9.88. The van der Waals surface area contributed by atoms with Crippen LogP contribution in [0.25, 0.3) is 0 Å². The Kier molecular flexibility index (Phi) is 6.17. The van der Waals surface area contributed by atoms with E-state index < -0.39 is 5.82 Å². The molecule has 0 fully saturated rings. The van der Waals surface area contributed by atoms with Crippen LogP contribution in [0, 0.1) is 5.82 Å². The van der Waals surface area contributed by atoms with Gasteiger partial charge in [0, 0.05) is 19.3 Å². The summed E-state index contributed by atoms with van der Waals surface area (Å²) >= 11 is 0. The molecule has 0 saturated heterocycles. The number of halogens is 1. The van der Waals surface area contributed by atoms with Gasteiger partial charge in [0.25, 0.3) is 0 Å². The summed E-state index contributed by atoms with van der Waals surface area (Å²) in [6.45, 7) is 1.36. The Bertz CT molecular complexity index is 919. The number of carbonyl (C=O) groups is 2. The molecule has 0 heterocycles. The molecule has 2 amide bonds. The molecule has 3 aromatic rings. The van der Waals surface area contributed by atoms with Crippen molar-refractivity contribution in [3.63, 3.8) is 0 Å². The summed E-state index contributed by atoms with van der Waals surface area (Å²) in [5.74, 6) is -1.20. The van der Waals surface area contributed by atoms with E-state index in [1.165, 1.54) is 25.1 Å². The van der Waals surface area contributed by atoms with Gasteiger partial charge in [0.1, 0.15) is 5.82 Å². The molecule has 3 rings (SSSR count). The Labute approximate surface area is 163 Å². The lowest BCUT2D eigenvalue weighted by Crippen LogP contribution is -2.18. The molecule has 0 saturated carbocycles. The highest BCUT2D eigenvalue weighted by atomic mass is 19.1. The maximum Gasteiger partial charge on any atom is 0.225 e. The largest absolute Gasteiger partial charge is 0.325 e. The van der Waals surface area contributed by atoms with Crippen LogP contribution in [0.15, 0.2) is 78.9 Å². The predicted molar refractivity (Wildman–Crippen MR) is 109 cm³/mol. The van der Waals surface area contributed by atoms with Gasteiger partial charge in [0.2, 0.25) is 11.8 Å². The first-order valence-electron chi connectivity index (χ1n) is 9.00. The van der Waals surface area contributed by atoms with Gasteiger partial charge in [-0.1, -0.05) is 60.7 Å². The van der Waals surface area contributed by atoms with E-state index in [2.05, 4.69) is 10.6 Å². The van der Waals surface area contributed by atoms with Crippen LogP contribution in [0.1, 0.15) is 30.4 Å². The number of nitrogens with one attached hydrogen (secondary N) is 2. The van der Waals surface area contributed by atoms with Crippen molar-refractivity contribution in [1.29, 1.82) is 0 Å². The van der Waals surface area contributed by atoms with Crippen molar-refractivity contribution in [1.82, 2.24) is 0 Å². The molecule has 0 aromatic heterocycles. The predicted octanol–water partition coefficient (Wildman–Crippen LogP) is 4.94. The van der Waals surface area contributed by atoms with Crippen LogP contribution < -0.4 is 10.6 Å². The van der Waals surface area contributed by atoms with Gasteiger partial charge in [-0.25, -0.2) is 4.39 Å². The molecule has 0 aliphatic rings. The minimum absolute atomic E-state index is 0.139. The molecular weight excluding hydrogens is 355 g/mol. The van der Waals surface area contributed by atoms with E-state index >= 15 is 0 Å². The second-order valence-electron chi connectivity index (χ2n) is 6.50. The highest BCUT2D eigenvalue weighted by Gasteiger charge is 2.19. The van der Waals surface area contributed by atoms with Gasteiger partial charge in [0.15, 0.2) is 0 Å². The van der Waals surface area contributed by atoms with E-state index in [0.29, 0.717) is 5.69 Å². The van der Waals surface area contributed by atoms with E-state index in [-0.39, 0.29) is 29.8 Å². The Morgan fingerprint density at radius 2 is 1.39 bits per heavy atom. The lowest BCUT2D eigenvalue weighted by molar-refractivity contribution is -0.116. The van der Waals surface area contributed by atoms with E-state index in [4.69, 9.17) is 0 Å². The van der Waals surface area contributed by atoms with Crippen LogP contribution in [0.3, 0.4) is 0 Å². The van der Waals surface area contributed by atoms with Crippen molar-refractivity contribution < 1.29 is 14.0 Å². The summed E-state index contributed by atoms with van der Waals surface area (Å²) in [4.78, 5) is 24.1. The molecule has 2 N–H and O–H groups in total. The van der Waals surface area contributed by atoms with Crippen molar-refractivity contribution in [3.05, 3.63) is 95.8 Å². The third-order valence-corrected chi connectivity index (χ3v) is 4.36. The van der Waals surface area contributed by atoms with Gasteiger partial charge < -0.3 is 10.6 Å². The monoisotopic (exact) mass is 376 g/mol. The second-order valence-corrected chi connectivity index (χ2v) is 6.50. The topological polar surface area (TPSA) is 58.2 Å². The van der Waals surface area contributed by atoms with E-state index in [9.17, 15) is 14.0 Å². The number of hydrogen-bond acceptors (Lipinski definition) is 2. The summed E-state index contributed by atoms with van der Waals surface area (Å²) in [5.41, 5.74) is 2.63. The van der Waals surface area contributed by atoms with Gasteiger partial charge >= 0.3 is 0 Å². The minimum Gasteiger partial charge on any atom is -0.325 e. The number of benzene rings is 3. The first kappa shape index (κ1) is 19.3. The molecule has 0 unspecified atom stereocenters.